The monoisotopic (exact) mass is 566 g/mol. The molecule has 0 radical (unpaired) electrons. The molecule has 0 aliphatic rings. The molecule has 6 heteroatoms. The highest BCUT2D eigenvalue weighted by atomic mass is 79.9. The van der Waals surface area contributed by atoms with Crippen molar-refractivity contribution in [1.82, 2.24) is 10.2 Å². The third kappa shape index (κ3) is 9.14. The zero-order valence-electron chi connectivity index (χ0n) is 21.0. The lowest BCUT2D eigenvalue weighted by Gasteiger charge is -2.32. The topological polar surface area (TPSA) is 49.4 Å². The molecule has 0 fully saturated rings. The summed E-state index contributed by atoms with van der Waals surface area (Å²) < 4.78 is 0.953. The van der Waals surface area contributed by atoms with Crippen LogP contribution in [-0.4, -0.2) is 34.6 Å². The zero-order valence-corrected chi connectivity index (χ0v) is 23.4. The summed E-state index contributed by atoms with van der Waals surface area (Å²) in [4.78, 5) is 28.9. The van der Waals surface area contributed by atoms with Crippen molar-refractivity contribution in [2.75, 3.05) is 5.75 Å². The lowest BCUT2D eigenvalue weighted by Crippen LogP contribution is -2.52. The molecule has 0 aromatic heterocycles. The molecule has 0 unspecified atom stereocenters. The normalized spacial score (nSPS) is 12.5. The van der Waals surface area contributed by atoms with E-state index in [0.29, 0.717) is 25.1 Å². The largest absolute Gasteiger partial charge is 0.352 e. The van der Waals surface area contributed by atoms with Gasteiger partial charge in [0.15, 0.2) is 0 Å². The number of halogens is 1. The van der Waals surface area contributed by atoms with Crippen LogP contribution in [0.2, 0.25) is 0 Å². The highest BCUT2D eigenvalue weighted by molar-refractivity contribution is 9.10. The van der Waals surface area contributed by atoms with E-state index < -0.39 is 6.04 Å². The van der Waals surface area contributed by atoms with Crippen LogP contribution >= 0.6 is 27.7 Å². The molecule has 0 saturated carbocycles. The first-order valence-corrected chi connectivity index (χ1v) is 14.4. The van der Waals surface area contributed by atoms with Gasteiger partial charge in [-0.2, -0.15) is 11.8 Å². The van der Waals surface area contributed by atoms with Crippen molar-refractivity contribution < 1.29 is 9.59 Å². The van der Waals surface area contributed by atoms with Crippen molar-refractivity contribution >= 4 is 39.5 Å². The maximum Gasteiger partial charge on any atom is 0.243 e. The van der Waals surface area contributed by atoms with Gasteiger partial charge < -0.3 is 10.2 Å². The molecular weight excluding hydrogens is 532 g/mol. The first-order chi connectivity index (χ1) is 17.5. The molecule has 3 rings (SSSR count). The van der Waals surface area contributed by atoms with Crippen LogP contribution in [0.5, 0.6) is 0 Å². The van der Waals surface area contributed by atoms with Gasteiger partial charge in [-0.3, -0.25) is 9.59 Å². The first-order valence-electron chi connectivity index (χ1n) is 12.5. The van der Waals surface area contributed by atoms with Gasteiger partial charge in [0.05, 0.1) is 0 Å². The van der Waals surface area contributed by atoms with Crippen molar-refractivity contribution in [2.45, 2.75) is 57.5 Å². The van der Waals surface area contributed by atoms with E-state index in [1.807, 2.05) is 86.6 Å². The molecule has 1 N–H and O–H groups in total. The molecule has 2 atom stereocenters. The molecular formula is C30H35BrN2O2S. The predicted molar refractivity (Wildman–Crippen MR) is 154 cm³/mol. The second kappa shape index (κ2) is 14.9. The number of nitrogens with one attached hydrogen (secondary N) is 1. The van der Waals surface area contributed by atoms with E-state index in [4.69, 9.17) is 0 Å². The molecule has 190 valence electrons. The number of thioether (sulfide) groups is 1. The highest BCUT2D eigenvalue weighted by Gasteiger charge is 2.30. The quantitative estimate of drug-likeness (QED) is 0.236. The Morgan fingerprint density at radius 1 is 0.917 bits per heavy atom. The lowest BCUT2D eigenvalue weighted by atomic mass is 10.0. The lowest BCUT2D eigenvalue weighted by molar-refractivity contribution is -0.141. The van der Waals surface area contributed by atoms with E-state index in [-0.39, 0.29) is 17.9 Å². The summed E-state index contributed by atoms with van der Waals surface area (Å²) in [5.41, 5.74) is 3.27. The Bertz CT molecular complexity index is 1090. The van der Waals surface area contributed by atoms with Crippen molar-refractivity contribution in [3.05, 3.63) is 106 Å². The van der Waals surface area contributed by atoms with E-state index in [0.717, 1.165) is 27.8 Å². The minimum absolute atomic E-state index is 0.00392. The Balaban J connectivity index is 1.80. The number of rotatable bonds is 13. The van der Waals surface area contributed by atoms with Crippen molar-refractivity contribution in [2.24, 2.45) is 0 Å². The van der Waals surface area contributed by atoms with Gasteiger partial charge in [0.2, 0.25) is 11.8 Å². The number of hydrogen-bond acceptors (Lipinski definition) is 3. The number of hydrogen-bond donors (Lipinski definition) is 1. The van der Waals surface area contributed by atoms with E-state index in [9.17, 15) is 9.59 Å². The standard InChI is InChI=1S/C30H35BrN2O2S/c1-3-23(2)32-30(35)28(20-24-11-6-4-7-12-24)33(21-26-15-10-16-27(31)19-26)29(34)17-18-36-22-25-13-8-5-9-14-25/h4-16,19,23,28H,3,17-18,20-22H2,1-2H3,(H,32,35)/t23-,28+/m1/s1. The van der Waals surface area contributed by atoms with Crippen molar-refractivity contribution in [3.63, 3.8) is 0 Å². The van der Waals surface area contributed by atoms with Gasteiger partial charge in [0, 0.05) is 41.4 Å². The number of carbonyl (C=O) groups is 2. The van der Waals surface area contributed by atoms with Gasteiger partial charge in [-0.1, -0.05) is 95.7 Å². The third-order valence-corrected chi connectivity index (χ3v) is 7.61. The maximum absolute atomic E-state index is 13.7. The zero-order chi connectivity index (χ0) is 25.8. The minimum Gasteiger partial charge on any atom is -0.352 e. The molecule has 0 aliphatic carbocycles. The second-order valence-electron chi connectivity index (χ2n) is 8.96. The van der Waals surface area contributed by atoms with E-state index >= 15 is 0 Å². The molecule has 3 aromatic carbocycles. The van der Waals surface area contributed by atoms with Crippen LogP contribution in [0.3, 0.4) is 0 Å². The highest BCUT2D eigenvalue weighted by Crippen LogP contribution is 2.20. The van der Waals surface area contributed by atoms with Crippen LogP contribution in [0.15, 0.2) is 89.4 Å². The van der Waals surface area contributed by atoms with Crippen LogP contribution in [-0.2, 0) is 28.3 Å². The number of benzene rings is 3. The van der Waals surface area contributed by atoms with E-state index in [2.05, 4.69) is 33.4 Å². The predicted octanol–water partition coefficient (Wildman–Crippen LogP) is 6.63. The van der Waals surface area contributed by atoms with Crippen LogP contribution < -0.4 is 5.32 Å². The average molecular weight is 568 g/mol. The van der Waals surface area contributed by atoms with Crippen LogP contribution in [0.1, 0.15) is 43.4 Å². The molecule has 3 aromatic rings. The first kappa shape index (κ1) is 28.0. The summed E-state index contributed by atoms with van der Waals surface area (Å²) in [6, 6.07) is 27.6. The van der Waals surface area contributed by atoms with Gasteiger partial charge in [0.1, 0.15) is 6.04 Å². The molecule has 2 amide bonds. The Morgan fingerprint density at radius 3 is 2.19 bits per heavy atom. The molecule has 36 heavy (non-hydrogen) atoms. The Hall–Kier alpha value is -2.57. The van der Waals surface area contributed by atoms with Gasteiger partial charge in [-0.25, -0.2) is 0 Å². The Labute approximate surface area is 228 Å². The van der Waals surface area contributed by atoms with Gasteiger partial charge in [-0.05, 0) is 42.2 Å². The molecule has 0 saturated heterocycles. The summed E-state index contributed by atoms with van der Waals surface area (Å²) in [6.07, 6.45) is 1.69. The molecule has 0 spiro atoms. The molecule has 0 bridgehead atoms. The molecule has 0 heterocycles. The summed E-state index contributed by atoms with van der Waals surface area (Å²) in [7, 11) is 0. The maximum atomic E-state index is 13.7. The van der Waals surface area contributed by atoms with Gasteiger partial charge >= 0.3 is 0 Å². The fourth-order valence-corrected chi connectivity index (χ4v) is 5.23. The summed E-state index contributed by atoms with van der Waals surface area (Å²) >= 11 is 5.28. The van der Waals surface area contributed by atoms with E-state index in [1.165, 1.54) is 5.56 Å². The van der Waals surface area contributed by atoms with Crippen molar-refractivity contribution in [3.8, 4) is 0 Å². The van der Waals surface area contributed by atoms with Crippen LogP contribution in [0.25, 0.3) is 0 Å². The minimum atomic E-state index is -0.591. The van der Waals surface area contributed by atoms with Gasteiger partial charge in [0.25, 0.3) is 0 Å². The SMILES string of the molecule is CC[C@@H](C)NC(=O)[C@H](Cc1ccccc1)N(Cc1cccc(Br)c1)C(=O)CCSCc1ccccc1. The molecule has 0 aliphatic heterocycles. The summed E-state index contributed by atoms with van der Waals surface area (Å²) in [5, 5.41) is 3.12. The van der Waals surface area contributed by atoms with E-state index in [1.54, 1.807) is 16.7 Å². The smallest absolute Gasteiger partial charge is 0.243 e. The Kier molecular flexibility index (Phi) is 11.6. The number of nitrogens with zero attached hydrogens (tertiary/aromatic N) is 1. The van der Waals surface area contributed by atoms with Crippen LogP contribution in [0, 0.1) is 0 Å². The fourth-order valence-electron chi connectivity index (χ4n) is 3.89. The number of amides is 2. The summed E-state index contributed by atoms with van der Waals surface area (Å²) in [5.74, 6) is 1.46. The second-order valence-corrected chi connectivity index (χ2v) is 11.0. The van der Waals surface area contributed by atoms with Gasteiger partial charge in [-0.15, -0.1) is 0 Å². The third-order valence-electron chi connectivity index (χ3n) is 6.09. The average Bonchev–Trinajstić information content (AvgIpc) is 2.89. The van der Waals surface area contributed by atoms with Crippen molar-refractivity contribution in [1.29, 1.82) is 0 Å². The summed E-state index contributed by atoms with van der Waals surface area (Å²) in [6.45, 7) is 4.43. The Morgan fingerprint density at radius 2 is 1.56 bits per heavy atom. The molecule has 4 nitrogen and oxygen atoms in total. The number of carbonyl (C=O) groups excluding carboxylic acids is 2. The fraction of sp³-hybridized carbons (Fsp3) is 0.333. The van der Waals surface area contributed by atoms with Crippen LogP contribution in [0.4, 0.5) is 0 Å².